The fourth-order valence-corrected chi connectivity index (χ4v) is 3.13. The lowest BCUT2D eigenvalue weighted by Gasteiger charge is -2.18. The normalized spacial score (nSPS) is 15.8. The van der Waals surface area contributed by atoms with Gasteiger partial charge in [0.1, 0.15) is 5.39 Å². The fraction of sp³-hybridized carbons (Fsp3) is 0.312. The highest BCUT2D eigenvalue weighted by atomic mass is 79.9. The molecule has 0 bridgehead atoms. The lowest BCUT2D eigenvalue weighted by atomic mass is 10.1. The van der Waals surface area contributed by atoms with Crippen LogP contribution in [0.4, 0.5) is 19.1 Å². The highest BCUT2D eigenvalue weighted by Crippen LogP contribution is 2.35. The molecule has 3 heterocycles. The molecule has 3 aromatic rings. The van der Waals surface area contributed by atoms with Crippen molar-refractivity contribution in [1.82, 2.24) is 19.7 Å². The molecule has 0 spiro atoms. The Hall–Kier alpha value is -2.44. The predicted molar refractivity (Wildman–Crippen MR) is 96.3 cm³/mol. The molecule has 1 N–H and O–H groups in total. The smallest absolute Gasteiger partial charge is 0.377 e. The molecule has 1 aromatic carbocycles. The van der Waals surface area contributed by atoms with Crippen LogP contribution in [0.1, 0.15) is 5.56 Å². The fourth-order valence-electron chi connectivity index (χ4n) is 2.77. The lowest BCUT2D eigenvalue weighted by molar-refractivity contribution is -0.137. The number of nitrogens with one attached hydrogen (secondary N) is 1. The summed E-state index contributed by atoms with van der Waals surface area (Å²) in [6.45, 7) is 1.40. The van der Waals surface area contributed by atoms with Gasteiger partial charge in [0, 0.05) is 10.7 Å². The summed E-state index contributed by atoms with van der Waals surface area (Å²) in [5, 5.41) is 5.51. The van der Waals surface area contributed by atoms with Crippen LogP contribution in [0.3, 0.4) is 0 Å². The van der Waals surface area contributed by atoms with E-state index in [1.54, 1.807) is 0 Å². The van der Waals surface area contributed by atoms with E-state index in [-0.39, 0.29) is 33.7 Å². The Bertz CT molecular complexity index is 1070. The van der Waals surface area contributed by atoms with Crippen molar-refractivity contribution in [2.24, 2.45) is 0 Å². The summed E-state index contributed by atoms with van der Waals surface area (Å²) in [5.41, 5.74) is -1.64. The number of ether oxygens (including phenoxy) is 1. The predicted octanol–water partition coefficient (Wildman–Crippen LogP) is 2.66. The number of aromatic nitrogens is 4. The van der Waals surface area contributed by atoms with Crippen molar-refractivity contribution in [3.63, 3.8) is 0 Å². The average Bonchev–Trinajstić information content (AvgIpc) is 2.88. The van der Waals surface area contributed by atoms with E-state index in [4.69, 9.17) is 9.57 Å². The van der Waals surface area contributed by atoms with Gasteiger partial charge in [0.25, 0.3) is 5.56 Å². The molecular weight excluding hydrogens is 447 g/mol. The minimum absolute atomic E-state index is 0.00329. The number of aromatic amines is 1. The van der Waals surface area contributed by atoms with Gasteiger partial charge in [-0.1, -0.05) is 15.9 Å². The molecule has 1 saturated heterocycles. The molecule has 28 heavy (non-hydrogen) atoms. The highest BCUT2D eigenvalue weighted by molar-refractivity contribution is 9.10. The van der Waals surface area contributed by atoms with Gasteiger partial charge in [-0.2, -0.15) is 18.2 Å². The molecule has 8 nitrogen and oxygen atoms in total. The van der Waals surface area contributed by atoms with Crippen LogP contribution in [0, 0.1) is 0 Å². The highest BCUT2D eigenvalue weighted by Gasteiger charge is 2.34. The van der Waals surface area contributed by atoms with Gasteiger partial charge >= 0.3 is 6.18 Å². The van der Waals surface area contributed by atoms with Crippen molar-refractivity contribution in [2.45, 2.75) is 6.18 Å². The topological polar surface area (TPSA) is 85.3 Å². The average molecular weight is 460 g/mol. The van der Waals surface area contributed by atoms with E-state index in [0.717, 1.165) is 10.7 Å². The Labute approximate surface area is 164 Å². The molecule has 0 atom stereocenters. The van der Waals surface area contributed by atoms with Crippen molar-refractivity contribution < 1.29 is 22.7 Å². The van der Waals surface area contributed by atoms with Crippen molar-refractivity contribution in [3.05, 3.63) is 44.8 Å². The molecule has 2 aromatic heterocycles. The second-order valence-corrected chi connectivity index (χ2v) is 6.82. The molecule has 0 amide bonds. The van der Waals surface area contributed by atoms with Gasteiger partial charge in [0.15, 0.2) is 5.65 Å². The molecular formula is C16H13BrF3N5O3. The van der Waals surface area contributed by atoms with Gasteiger partial charge in [-0.15, -0.1) is 5.10 Å². The third kappa shape index (κ3) is 3.62. The van der Waals surface area contributed by atoms with Crippen LogP contribution in [0.25, 0.3) is 16.7 Å². The molecule has 4 rings (SSSR count). The number of fused-ring (bicyclic) bond motifs is 1. The zero-order chi connectivity index (χ0) is 19.9. The summed E-state index contributed by atoms with van der Waals surface area (Å²) >= 11 is 3.04. The summed E-state index contributed by atoms with van der Waals surface area (Å²) in [7, 11) is 0. The van der Waals surface area contributed by atoms with E-state index >= 15 is 0 Å². The van der Waals surface area contributed by atoms with Crippen molar-refractivity contribution in [1.29, 1.82) is 0 Å². The van der Waals surface area contributed by atoms with Gasteiger partial charge in [0.05, 0.1) is 37.6 Å². The number of anilines is 1. The van der Waals surface area contributed by atoms with Crippen molar-refractivity contribution in [2.75, 3.05) is 31.4 Å². The maximum Gasteiger partial charge on any atom is 0.418 e. The van der Waals surface area contributed by atoms with Gasteiger partial charge in [0.2, 0.25) is 5.95 Å². The summed E-state index contributed by atoms with van der Waals surface area (Å²) in [6.07, 6.45) is -3.38. The van der Waals surface area contributed by atoms with E-state index in [0.29, 0.717) is 19.8 Å². The molecule has 0 unspecified atom stereocenters. The van der Waals surface area contributed by atoms with Gasteiger partial charge in [-0.25, -0.2) is 9.75 Å². The second kappa shape index (κ2) is 7.18. The second-order valence-electron chi connectivity index (χ2n) is 5.91. The number of nitrogens with zero attached hydrogens (tertiary/aromatic N) is 4. The first kappa shape index (κ1) is 18.9. The zero-order valence-corrected chi connectivity index (χ0v) is 15.7. The maximum absolute atomic E-state index is 13.4. The van der Waals surface area contributed by atoms with Crippen LogP contribution >= 0.6 is 15.9 Å². The monoisotopic (exact) mass is 459 g/mol. The number of benzene rings is 1. The van der Waals surface area contributed by atoms with Crippen LogP contribution in [0.15, 0.2) is 33.7 Å². The van der Waals surface area contributed by atoms with Crippen LogP contribution < -0.4 is 10.6 Å². The third-order valence-corrected chi connectivity index (χ3v) is 4.53. The van der Waals surface area contributed by atoms with Crippen molar-refractivity contribution in [3.8, 4) is 5.69 Å². The van der Waals surface area contributed by atoms with E-state index in [1.807, 2.05) is 0 Å². The van der Waals surface area contributed by atoms with Gasteiger partial charge < -0.3 is 4.74 Å². The largest absolute Gasteiger partial charge is 0.418 e. The molecule has 12 heteroatoms. The molecule has 1 fully saturated rings. The number of H-pyrrole nitrogens is 1. The SMILES string of the molecule is O=c1[nH]c(N2CCOCCO2)nc2nn(-c3ccc(Br)cc3C(F)(F)F)cc12. The summed E-state index contributed by atoms with van der Waals surface area (Å²) in [5.74, 6) is 0.111. The number of alkyl halides is 3. The quantitative estimate of drug-likeness (QED) is 0.633. The summed E-state index contributed by atoms with van der Waals surface area (Å²) in [4.78, 5) is 24.7. The first-order chi connectivity index (χ1) is 13.3. The van der Waals surface area contributed by atoms with E-state index < -0.39 is 17.3 Å². The minimum atomic E-state index is -4.60. The third-order valence-electron chi connectivity index (χ3n) is 4.04. The van der Waals surface area contributed by atoms with E-state index in [9.17, 15) is 18.0 Å². The number of hydroxylamine groups is 1. The Balaban J connectivity index is 1.81. The van der Waals surface area contributed by atoms with Crippen LogP contribution in [-0.4, -0.2) is 46.1 Å². The number of rotatable bonds is 2. The van der Waals surface area contributed by atoms with Crippen LogP contribution in [-0.2, 0) is 15.8 Å². The number of hydrogen-bond donors (Lipinski definition) is 1. The maximum atomic E-state index is 13.4. The van der Waals surface area contributed by atoms with E-state index in [1.165, 1.54) is 23.4 Å². The molecule has 1 aliphatic rings. The van der Waals surface area contributed by atoms with Crippen molar-refractivity contribution >= 4 is 32.9 Å². The zero-order valence-electron chi connectivity index (χ0n) is 14.2. The molecule has 0 aliphatic carbocycles. The molecule has 0 radical (unpaired) electrons. The summed E-state index contributed by atoms with van der Waals surface area (Å²) < 4.78 is 46.8. The Kier molecular flexibility index (Phi) is 4.85. The molecule has 1 aliphatic heterocycles. The van der Waals surface area contributed by atoms with Crippen LogP contribution in [0.2, 0.25) is 0 Å². The Morgan fingerprint density at radius 1 is 1.21 bits per heavy atom. The first-order valence-corrected chi connectivity index (χ1v) is 8.97. The first-order valence-electron chi connectivity index (χ1n) is 8.18. The minimum Gasteiger partial charge on any atom is -0.377 e. The van der Waals surface area contributed by atoms with E-state index in [2.05, 4.69) is 31.0 Å². The Morgan fingerprint density at radius 2 is 2.04 bits per heavy atom. The molecule has 0 saturated carbocycles. The van der Waals surface area contributed by atoms with Gasteiger partial charge in [-0.05, 0) is 18.2 Å². The number of hydrogen-bond acceptors (Lipinski definition) is 6. The summed E-state index contributed by atoms with van der Waals surface area (Å²) in [6, 6.07) is 3.68. The standard InChI is InChI=1S/C16H13BrF3N5O3/c17-9-1-2-12(11(7-9)16(18,19)20)24-8-10-13(23-24)21-15(22-14(10)26)25-3-4-27-5-6-28-25/h1-2,7-8H,3-6H2,(H,21,22,23,26). The Morgan fingerprint density at radius 3 is 2.82 bits per heavy atom. The number of halogens is 4. The van der Waals surface area contributed by atoms with Gasteiger partial charge in [-0.3, -0.25) is 14.6 Å². The lowest BCUT2D eigenvalue weighted by Crippen LogP contribution is -2.29. The van der Waals surface area contributed by atoms with Crippen LogP contribution in [0.5, 0.6) is 0 Å². The molecule has 148 valence electrons.